The van der Waals surface area contributed by atoms with Crippen molar-refractivity contribution in [3.8, 4) is 28.5 Å². The van der Waals surface area contributed by atoms with Crippen molar-refractivity contribution in [2.24, 2.45) is 0 Å². The molecular weight excluding hydrogens is 476 g/mol. The van der Waals surface area contributed by atoms with E-state index < -0.39 is 11.7 Å². The van der Waals surface area contributed by atoms with Crippen molar-refractivity contribution in [2.75, 3.05) is 0 Å². The first-order valence-electron chi connectivity index (χ1n) is 10.4. The monoisotopic (exact) mass is 496 g/mol. The van der Waals surface area contributed by atoms with E-state index in [1.807, 2.05) is 24.3 Å². The van der Waals surface area contributed by atoms with Crippen LogP contribution < -0.4 is 4.74 Å². The van der Waals surface area contributed by atoms with Gasteiger partial charge in [0.05, 0.1) is 28.4 Å². The molecule has 1 aliphatic rings. The maximum absolute atomic E-state index is 12.9. The molecule has 173 valence electrons. The third-order valence-electron chi connectivity index (χ3n) is 5.55. The predicted molar refractivity (Wildman–Crippen MR) is 115 cm³/mol. The molecule has 4 aromatic rings. The average molecular weight is 496 g/mol. The fraction of sp³-hybridized carbons (Fsp3) is 0.250. The standard InChI is InChI=1S/C24H20F3N4O.Co/c25-24(26,27)17-8-10-20-21(12-17)31-23(30-20)16-6-9-19(28-14-16)15-7-11-22(29-13-15)32-18-4-2-1-3-5-18;/h1,6-14,18H,2-5H2,(H,30,31);/q-1;. The minimum atomic E-state index is -4.40. The molecule has 0 unspecified atom stereocenters. The summed E-state index contributed by atoms with van der Waals surface area (Å²) < 4.78 is 44.8. The fourth-order valence-electron chi connectivity index (χ4n) is 3.81. The number of fused-ring (bicyclic) bond motifs is 1. The van der Waals surface area contributed by atoms with Crippen molar-refractivity contribution in [3.05, 3.63) is 66.8 Å². The molecule has 0 amide bonds. The van der Waals surface area contributed by atoms with Crippen LogP contribution in [-0.2, 0) is 23.0 Å². The van der Waals surface area contributed by atoms with Gasteiger partial charge in [-0.25, -0.2) is 9.97 Å². The van der Waals surface area contributed by atoms with Gasteiger partial charge in [-0.2, -0.15) is 26.0 Å². The van der Waals surface area contributed by atoms with E-state index in [1.54, 1.807) is 12.4 Å². The number of hydrogen-bond donors (Lipinski definition) is 1. The van der Waals surface area contributed by atoms with Crippen molar-refractivity contribution in [1.29, 1.82) is 0 Å². The molecule has 9 heteroatoms. The zero-order valence-corrected chi connectivity index (χ0v) is 18.4. The maximum Gasteiger partial charge on any atom is 0.416 e. The Balaban J connectivity index is 0.00000259. The predicted octanol–water partition coefficient (Wildman–Crippen LogP) is 6.23. The van der Waals surface area contributed by atoms with Gasteiger partial charge in [-0.15, -0.1) is 0 Å². The second kappa shape index (κ2) is 9.52. The van der Waals surface area contributed by atoms with E-state index >= 15 is 0 Å². The summed E-state index contributed by atoms with van der Waals surface area (Å²) in [5.41, 5.74) is 2.34. The molecule has 3 aromatic heterocycles. The summed E-state index contributed by atoms with van der Waals surface area (Å²) in [6, 6.07) is 10.9. The van der Waals surface area contributed by atoms with Crippen LogP contribution in [0.15, 0.2) is 54.9 Å². The molecule has 33 heavy (non-hydrogen) atoms. The summed E-state index contributed by atoms with van der Waals surface area (Å²) >= 11 is 0. The Kier molecular flexibility index (Phi) is 6.71. The molecule has 0 aliphatic heterocycles. The SMILES string of the molecule is FC(F)(F)c1ccc2nc(-c3ccc(-c4ccc(OC5CC[CH-]CC5)nc4)nc3)[nH]c2c1.[Co]. The molecule has 5 rings (SSSR count). The van der Waals surface area contributed by atoms with Gasteiger partial charge >= 0.3 is 6.18 Å². The number of halogens is 3. The van der Waals surface area contributed by atoms with Gasteiger partial charge in [0.1, 0.15) is 5.82 Å². The third-order valence-corrected chi connectivity index (χ3v) is 5.55. The van der Waals surface area contributed by atoms with Crippen molar-refractivity contribution in [1.82, 2.24) is 19.9 Å². The minimum Gasteiger partial charge on any atom is -0.475 e. The van der Waals surface area contributed by atoms with E-state index in [-0.39, 0.29) is 22.9 Å². The number of hydrogen-bond acceptors (Lipinski definition) is 4. The summed E-state index contributed by atoms with van der Waals surface area (Å²) in [6.07, 6.45) is 5.67. The summed E-state index contributed by atoms with van der Waals surface area (Å²) in [4.78, 5) is 16.2. The van der Waals surface area contributed by atoms with Crippen molar-refractivity contribution < 1.29 is 34.7 Å². The quantitative estimate of drug-likeness (QED) is 0.341. The number of alkyl halides is 3. The maximum atomic E-state index is 12.9. The second-order valence-corrected chi connectivity index (χ2v) is 7.82. The number of benzene rings is 1. The topological polar surface area (TPSA) is 63.7 Å². The summed E-state index contributed by atoms with van der Waals surface area (Å²) in [5.74, 6) is 1.07. The molecule has 3 heterocycles. The van der Waals surface area contributed by atoms with E-state index in [9.17, 15) is 13.2 Å². The first-order chi connectivity index (χ1) is 15.5. The third kappa shape index (κ3) is 5.20. The zero-order valence-electron chi connectivity index (χ0n) is 17.4. The van der Waals surface area contributed by atoms with Crippen molar-refractivity contribution in [2.45, 2.75) is 38.0 Å². The van der Waals surface area contributed by atoms with Gasteiger partial charge in [-0.1, -0.05) is 0 Å². The molecule has 1 N–H and O–H groups in total. The van der Waals surface area contributed by atoms with Gasteiger partial charge < -0.3 is 16.1 Å². The van der Waals surface area contributed by atoms with E-state index in [0.29, 0.717) is 28.3 Å². The van der Waals surface area contributed by atoms with Crippen molar-refractivity contribution >= 4 is 11.0 Å². The molecule has 1 aromatic carbocycles. The Morgan fingerprint density at radius 2 is 1.70 bits per heavy atom. The van der Waals surface area contributed by atoms with E-state index in [4.69, 9.17) is 4.74 Å². The molecule has 0 saturated heterocycles. The zero-order chi connectivity index (χ0) is 22.1. The van der Waals surface area contributed by atoms with Gasteiger partial charge in [0.2, 0.25) is 5.88 Å². The van der Waals surface area contributed by atoms with Crippen LogP contribution in [-0.4, -0.2) is 26.0 Å². The van der Waals surface area contributed by atoms with Gasteiger partial charge in [-0.05, 0) is 49.2 Å². The van der Waals surface area contributed by atoms with Gasteiger partial charge in [-0.3, -0.25) is 4.98 Å². The Labute approximate surface area is 199 Å². The van der Waals surface area contributed by atoms with Gasteiger partial charge in [0.15, 0.2) is 0 Å². The molecule has 0 spiro atoms. The first-order valence-corrected chi connectivity index (χ1v) is 10.4. The molecule has 1 saturated carbocycles. The molecule has 1 fully saturated rings. The summed E-state index contributed by atoms with van der Waals surface area (Å²) in [5, 5.41) is 0. The average Bonchev–Trinajstić information content (AvgIpc) is 3.23. The first kappa shape index (κ1) is 23.3. The number of H-pyrrole nitrogens is 1. The minimum absolute atomic E-state index is 0. The van der Waals surface area contributed by atoms with Crippen molar-refractivity contribution in [3.63, 3.8) is 0 Å². The van der Waals surface area contributed by atoms with Crippen LogP contribution in [0.3, 0.4) is 0 Å². The second-order valence-electron chi connectivity index (χ2n) is 7.82. The number of aromatic nitrogens is 4. The molecule has 0 atom stereocenters. The van der Waals surface area contributed by atoms with Crippen LogP contribution in [0.25, 0.3) is 33.7 Å². The number of nitrogens with zero attached hydrogens (tertiary/aromatic N) is 3. The molecule has 1 aliphatic carbocycles. The van der Waals surface area contributed by atoms with Gasteiger partial charge in [0.25, 0.3) is 0 Å². The summed E-state index contributed by atoms with van der Waals surface area (Å²) in [7, 11) is 0. The number of aromatic amines is 1. The molecule has 0 bridgehead atoms. The number of pyridine rings is 2. The van der Waals surface area contributed by atoms with E-state index in [2.05, 4.69) is 26.4 Å². The van der Waals surface area contributed by atoms with Crippen LogP contribution >= 0.6 is 0 Å². The smallest absolute Gasteiger partial charge is 0.416 e. The Hall–Kier alpha value is -2.91. The number of imidazole rings is 1. The fourth-order valence-corrected chi connectivity index (χ4v) is 3.81. The Morgan fingerprint density at radius 1 is 0.939 bits per heavy atom. The summed E-state index contributed by atoms with van der Waals surface area (Å²) in [6.45, 7) is 0. The molecule has 5 nitrogen and oxygen atoms in total. The molecule has 1 radical (unpaired) electrons. The van der Waals surface area contributed by atoms with Crippen LogP contribution in [0.1, 0.15) is 31.2 Å². The largest absolute Gasteiger partial charge is 0.475 e. The van der Waals surface area contributed by atoms with Crippen LogP contribution in [0.2, 0.25) is 0 Å². The Bertz CT molecular complexity index is 1220. The van der Waals surface area contributed by atoms with Gasteiger partial charge in [0, 0.05) is 46.4 Å². The van der Waals surface area contributed by atoms with Crippen LogP contribution in [0.4, 0.5) is 13.2 Å². The number of nitrogens with one attached hydrogen (secondary N) is 1. The van der Waals surface area contributed by atoms with Crippen LogP contribution in [0, 0.1) is 6.42 Å². The number of ether oxygens (including phenoxy) is 1. The molecular formula is C24H20CoF3N4O-. The number of rotatable bonds is 4. The van der Waals surface area contributed by atoms with E-state index in [0.717, 1.165) is 49.1 Å². The van der Waals surface area contributed by atoms with E-state index in [1.165, 1.54) is 6.07 Å². The normalized spacial score (nSPS) is 14.8. The van der Waals surface area contributed by atoms with Crippen LogP contribution in [0.5, 0.6) is 5.88 Å². The Morgan fingerprint density at radius 3 is 2.36 bits per heavy atom.